The van der Waals surface area contributed by atoms with Crippen molar-refractivity contribution < 1.29 is 18.4 Å². The number of amides is 2. The van der Waals surface area contributed by atoms with E-state index < -0.39 is 17.5 Å². The average Bonchev–Trinajstić information content (AvgIpc) is 3.11. The lowest BCUT2D eigenvalue weighted by Gasteiger charge is -2.07. The molecular formula is C21H25F2N3O2S. The fourth-order valence-electron chi connectivity index (χ4n) is 3.29. The molecule has 0 aliphatic heterocycles. The molecule has 1 aromatic carbocycles. The van der Waals surface area contributed by atoms with Gasteiger partial charge in [-0.3, -0.25) is 9.59 Å². The quantitative estimate of drug-likeness (QED) is 0.608. The maximum Gasteiger partial charge on any atom is 0.254 e. The van der Waals surface area contributed by atoms with Crippen molar-refractivity contribution in [3.8, 4) is 0 Å². The maximum absolute atomic E-state index is 13.5. The van der Waals surface area contributed by atoms with Crippen LogP contribution in [0.2, 0.25) is 0 Å². The molecule has 0 saturated carbocycles. The lowest BCUT2D eigenvalue weighted by Crippen LogP contribution is -2.28. The monoisotopic (exact) mass is 421 g/mol. The Morgan fingerprint density at radius 1 is 1.07 bits per heavy atom. The van der Waals surface area contributed by atoms with Gasteiger partial charge in [0.1, 0.15) is 11.6 Å². The molecule has 0 unspecified atom stereocenters. The number of aromatic nitrogens is 1. The molecule has 0 atom stereocenters. The number of benzene rings is 1. The van der Waals surface area contributed by atoms with Gasteiger partial charge in [-0.15, -0.1) is 11.3 Å². The summed E-state index contributed by atoms with van der Waals surface area (Å²) in [6.07, 6.45) is 7.16. The van der Waals surface area contributed by atoms with Crippen LogP contribution in [0.15, 0.2) is 18.2 Å². The predicted molar refractivity (Wildman–Crippen MR) is 108 cm³/mol. The number of carbonyl (C=O) groups excluding carboxylic acids is 2. The fraction of sp³-hybridized carbons (Fsp3) is 0.476. The lowest BCUT2D eigenvalue weighted by molar-refractivity contribution is -0.121. The van der Waals surface area contributed by atoms with Crippen molar-refractivity contribution in [3.05, 3.63) is 51.0 Å². The van der Waals surface area contributed by atoms with Crippen molar-refractivity contribution >= 4 is 23.2 Å². The highest BCUT2D eigenvalue weighted by atomic mass is 32.1. The Morgan fingerprint density at radius 3 is 2.66 bits per heavy atom. The van der Waals surface area contributed by atoms with Crippen molar-refractivity contribution in [2.45, 2.75) is 51.4 Å². The molecule has 2 N–H and O–H groups in total. The van der Waals surface area contributed by atoms with Crippen LogP contribution in [-0.4, -0.2) is 29.9 Å². The first-order valence-corrected chi connectivity index (χ1v) is 10.8. The second kappa shape index (κ2) is 10.4. The zero-order valence-corrected chi connectivity index (χ0v) is 17.0. The molecule has 0 spiro atoms. The van der Waals surface area contributed by atoms with Gasteiger partial charge in [0.2, 0.25) is 5.91 Å². The number of hydrogen-bond donors (Lipinski definition) is 2. The summed E-state index contributed by atoms with van der Waals surface area (Å²) in [6.45, 7) is 0.837. The second-order valence-corrected chi connectivity index (χ2v) is 8.29. The number of fused-ring (bicyclic) bond motifs is 1. The minimum absolute atomic E-state index is 0.0781. The summed E-state index contributed by atoms with van der Waals surface area (Å²) in [6, 6.07) is 2.81. The van der Waals surface area contributed by atoms with Crippen molar-refractivity contribution in [3.63, 3.8) is 0 Å². The first kappa shape index (κ1) is 21.4. The molecule has 1 aliphatic rings. The van der Waals surface area contributed by atoms with E-state index in [4.69, 9.17) is 4.98 Å². The van der Waals surface area contributed by atoms with Crippen LogP contribution in [0.1, 0.15) is 58.0 Å². The number of carbonyl (C=O) groups is 2. The van der Waals surface area contributed by atoms with Gasteiger partial charge in [-0.2, -0.15) is 0 Å². The Bertz CT molecular complexity index is 846. The molecule has 0 bridgehead atoms. The molecule has 0 fully saturated rings. The molecular weight excluding hydrogens is 396 g/mol. The van der Waals surface area contributed by atoms with Crippen LogP contribution >= 0.6 is 11.3 Å². The maximum atomic E-state index is 13.5. The minimum Gasteiger partial charge on any atom is -0.356 e. The highest BCUT2D eigenvalue weighted by molar-refractivity contribution is 7.11. The number of thiazole rings is 1. The van der Waals surface area contributed by atoms with Crippen molar-refractivity contribution in [1.82, 2.24) is 15.6 Å². The molecule has 1 heterocycles. The number of halogens is 2. The fourth-order valence-corrected chi connectivity index (χ4v) is 4.49. The molecule has 8 heteroatoms. The normalized spacial score (nSPS) is 13.0. The van der Waals surface area contributed by atoms with Crippen molar-refractivity contribution in [2.24, 2.45) is 0 Å². The summed E-state index contributed by atoms with van der Waals surface area (Å²) in [5.41, 5.74) is 1.06. The average molecular weight is 422 g/mol. The Balaban J connectivity index is 1.27. The highest BCUT2D eigenvalue weighted by Gasteiger charge is 2.15. The third kappa shape index (κ3) is 6.32. The van der Waals surface area contributed by atoms with Gasteiger partial charge in [0.25, 0.3) is 5.91 Å². The summed E-state index contributed by atoms with van der Waals surface area (Å²) < 4.78 is 26.4. The van der Waals surface area contributed by atoms with E-state index in [1.165, 1.54) is 23.4 Å². The topological polar surface area (TPSA) is 71.1 Å². The molecule has 1 aromatic heterocycles. The standard InChI is InChI=1S/C21H25F2N3O2S/c22-14-9-10-15(16(23)13-14)21(28)25-12-3-7-19(27)24-11-4-8-20-26-17-5-1-2-6-18(17)29-20/h9-10,13H,1-8,11-12H2,(H,24,27)(H,25,28). The zero-order chi connectivity index (χ0) is 20.6. The van der Waals surface area contributed by atoms with E-state index in [0.29, 0.717) is 19.0 Å². The molecule has 2 aromatic rings. The van der Waals surface area contributed by atoms with Gasteiger partial charge in [0.15, 0.2) is 0 Å². The van der Waals surface area contributed by atoms with E-state index in [-0.39, 0.29) is 24.4 Å². The first-order valence-electron chi connectivity index (χ1n) is 10.0. The van der Waals surface area contributed by atoms with Gasteiger partial charge in [-0.1, -0.05) is 0 Å². The predicted octanol–water partition coefficient (Wildman–Crippen LogP) is 3.56. The number of nitrogens with zero attached hydrogens (tertiary/aromatic N) is 1. The van der Waals surface area contributed by atoms with E-state index in [9.17, 15) is 18.4 Å². The molecule has 156 valence electrons. The van der Waals surface area contributed by atoms with Crippen LogP contribution < -0.4 is 10.6 Å². The zero-order valence-electron chi connectivity index (χ0n) is 16.2. The molecule has 29 heavy (non-hydrogen) atoms. The number of rotatable bonds is 9. The molecule has 0 saturated heterocycles. The molecule has 5 nitrogen and oxygen atoms in total. The van der Waals surface area contributed by atoms with E-state index in [2.05, 4.69) is 10.6 Å². The van der Waals surface area contributed by atoms with Crippen LogP contribution in [0.4, 0.5) is 8.78 Å². The second-order valence-electron chi connectivity index (χ2n) is 7.12. The van der Waals surface area contributed by atoms with Gasteiger partial charge < -0.3 is 10.6 Å². The summed E-state index contributed by atoms with van der Waals surface area (Å²) in [5.74, 6) is -2.33. The molecule has 3 rings (SSSR count). The lowest BCUT2D eigenvalue weighted by atomic mass is 10.0. The summed E-state index contributed by atoms with van der Waals surface area (Å²) in [5, 5.41) is 6.57. The molecule has 1 aliphatic carbocycles. The van der Waals surface area contributed by atoms with Crippen molar-refractivity contribution in [1.29, 1.82) is 0 Å². The number of hydrogen-bond acceptors (Lipinski definition) is 4. The van der Waals surface area contributed by atoms with Gasteiger partial charge in [0.05, 0.1) is 16.3 Å². The first-order chi connectivity index (χ1) is 14.0. The third-order valence-electron chi connectivity index (χ3n) is 4.82. The Hall–Kier alpha value is -2.35. The van der Waals surface area contributed by atoms with Gasteiger partial charge in [-0.25, -0.2) is 13.8 Å². The Morgan fingerprint density at radius 2 is 1.86 bits per heavy atom. The van der Waals surface area contributed by atoms with Crippen LogP contribution in [0.25, 0.3) is 0 Å². The number of aryl methyl sites for hydroxylation is 3. The summed E-state index contributed by atoms with van der Waals surface area (Å²) >= 11 is 1.80. The Kier molecular flexibility index (Phi) is 7.69. The van der Waals surface area contributed by atoms with Crippen LogP contribution in [0.5, 0.6) is 0 Å². The van der Waals surface area contributed by atoms with Gasteiger partial charge in [0, 0.05) is 36.9 Å². The molecule has 2 amide bonds. The smallest absolute Gasteiger partial charge is 0.254 e. The van der Waals surface area contributed by atoms with Crippen LogP contribution in [0, 0.1) is 11.6 Å². The van der Waals surface area contributed by atoms with E-state index in [0.717, 1.165) is 42.8 Å². The number of nitrogens with one attached hydrogen (secondary N) is 2. The minimum atomic E-state index is -0.902. The molecule has 0 radical (unpaired) electrons. The van der Waals surface area contributed by atoms with E-state index in [1.807, 2.05) is 0 Å². The van der Waals surface area contributed by atoms with Gasteiger partial charge >= 0.3 is 0 Å². The third-order valence-corrected chi connectivity index (χ3v) is 6.04. The summed E-state index contributed by atoms with van der Waals surface area (Å²) in [7, 11) is 0. The van der Waals surface area contributed by atoms with Crippen LogP contribution in [-0.2, 0) is 24.1 Å². The van der Waals surface area contributed by atoms with E-state index in [1.54, 1.807) is 11.3 Å². The highest BCUT2D eigenvalue weighted by Crippen LogP contribution is 2.27. The largest absolute Gasteiger partial charge is 0.356 e. The Labute approximate surface area is 172 Å². The van der Waals surface area contributed by atoms with E-state index >= 15 is 0 Å². The SMILES string of the molecule is O=C(CCCNC(=O)c1ccc(F)cc1F)NCCCc1nc2c(s1)CCCC2. The van der Waals surface area contributed by atoms with Crippen molar-refractivity contribution in [2.75, 3.05) is 13.1 Å². The van der Waals surface area contributed by atoms with Gasteiger partial charge in [-0.05, 0) is 50.7 Å². The van der Waals surface area contributed by atoms with Crippen LogP contribution in [0.3, 0.4) is 0 Å². The summed E-state index contributed by atoms with van der Waals surface area (Å²) in [4.78, 5) is 29.9.